The van der Waals surface area contributed by atoms with Crippen molar-refractivity contribution in [2.24, 2.45) is 5.73 Å². The quantitative estimate of drug-likeness (QED) is 0.819. The highest BCUT2D eigenvalue weighted by Gasteiger charge is 2.06. The average Bonchev–Trinajstić information content (AvgIpc) is 2.29. The Morgan fingerprint density at radius 1 is 1.56 bits per heavy atom. The summed E-state index contributed by atoms with van der Waals surface area (Å²) < 4.78 is 5.46. The summed E-state index contributed by atoms with van der Waals surface area (Å²) in [4.78, 5) is 11.0. The van der Waals surface area contributed by atoms with Crippen LogP contribution < -0.4 is 15.8 Å². The number of carbonyl (C=O) groups excluding carboxylic acids is 1. The minimum atomic E-state index is -0.0590. The van der Waals surface area contributed by atoms with Gasteiger partial charge in [-0.2, -0.15) is 0 Å². The van der Waals surface area contributed by atoms with E-state index in [4.69, 9.17) is 22.1 Å². The fourth-order valence-corrected chi connectivity index (χ4v) is 1.49. The number of rotatable bonds is 5. The predicted molar refractivity (Wildman–Crippen MR) is 63.5 cm³/mol. The predicted octanol–water partition coefficient (Wildman–Crippen LogP) is 1.31. The van der Waals surface area contributed by atoms with Crippen molar-refractivity contribution in [1.82, 2.24) is 5.32 Å². The van der Waals surface area contributed by atoms with Crippen LogP contribution in [0.3, 0.4) is 0 Å². The van der Waals surface area contributed by atoms with Crippen molar-refractivity contribution in [3.63, 3.8) is 0 Å². The van der Waals surface area contributed by atoms with Crippen molar-refractivity contribution in [2.75, 3.05) is 13.7 Å². The van der Waals surface area contributed by atoms with Gasteiger partial charge in [0.15, 0.2) is 0 Å². The van der Waals surface area contributed by atoms with Crippen LogP contribution in [0.4, 0.5) is 0 Å². The first-order chi connectivity index (χ1) is 7.69. The summed E-state index contributed by atoms with van der Waals surface area (Å²) >= 11 is 5.96. The van der Waals surface area contributed by atoms with Crippen molar-refractivity contribution >= 4 is 17.5 Å². The molecular formula is C11H15ClN2O2. The van der Waals surface area contributed by atoms with Gasteiger partial charge in [0.2, 0.25) is 5.91 Å². The van der Waals surface area contributed by atoms with Gasteiger partial charge in [-0.3, -0.25) is 4.79 Å². The standard InChI is InChI=1S/C11H15ClN2O2/c1-14-11(15)5-6-16-10-4-2-3-9(12)8(10)7-13/h2-4H,5-7,13H2,1H3,(H,14,15). The van der Waals surface area contributed by atoms with Crippen LogP contribution in [-0.4, -0.2) is 19.6 Å². The molecule has 1 rings (SSSR count). The Morgan fingerprint density at radius 3 is 2.94 bits per heavy atom. The van der Waals surface area contributed by atoms with Gasteiger partial charge in [0.25, 0.3) is 0 Å². The zero-order chi connectivity index (χ0) is 12.0. The first kappa shape index (κ1) is 12.8. The molecule has 0 aliphatic rings. The summed E-state index contributed by atoms with van der Waals surface area (Å²) in [6.45, 7) is 0.627. The van der Waals surface area contributed by atoms with Crippen molar-refractivity contribution in [3.8, 4) is 5.75 Å². The van der Waals surface area contributed by atoms with Gasteiger partial charge in [-0.15, -0.1) is 0 Å². The minimum Gasteiger partial charge on any atom is -0.493 e. The number of hydrogen-bond donors (Lipinski definition) is 2. The van der Waals surface area contributed by atoms with E-state index >= 15 is 0 Å². The van der Waals surface area contributed by atoms with Gasteiger partial charge >= 0.3 is 0 Å². The fraction of sp³-hybridized carbons (Fsp3) is 0.364. The van der Waals surface area contributed by atoms with Crippen LogP contribution >= 0.6 is 11.6 Å². The van der Waals surface area contributed by atoms with E-state index in [2.05, 4.69) is 5.32 Å². The van der Waals surface area contributed by atoms with Crippen molar-refractivity contribution in [2.45, 2.75) is 13.0 Å². The van der Waals surface area contributed by atoms with Crippen LogP contribution in [-0.2, 0) is 11.3 Å². The maximum atomic E-state index is 11.0. The lowest BCUT2D eigenvalue weighted by Gasteiger charge is -2.11. The van der Waals surface area contributed by atoms with Gasteiger partial charge in [-0.25, -0.2) is 0 Å². The molecule has 5 heteroatoms. The van der Waals surface area contributed by atoms with E-state index in [-0.39, 0.29) is 5.91 Å². The second kappa shape index (κ2) is 6.35. The third-order valence-electron chi connectivity index (χ3n) is 2.15. The number of amides is 1. The molecule has 1 amide bonds. The number of benzene rings is 1. The molecule has 0 saturated carbocycles. The molecule has 16 heavy (non-hydrogen) atoms. The molecule has 0 unspecified atom stereocenters. The summed E-state index contributed by atoms with van der Waals surface area (Å²) in [6, 6.07) is 5.34. The van der Waals surface area contributed by atoms with Gasteiger partial charge in [-0.05, 0) is 12.1 Å². The molecule has 0 bridgehead atoms. The van der Waals surface area contributed by atoms with Crippen LogP contribution in [0.1, 0.15) is 12.0 Å². The van der Waals surface area contributed by atoms with Gasteiger partial charge in [-0.1, -0.05) is 17.7 Å². The Bertz CT molecular complexity index is 369. The molecule has 0 aliphatic heterocycles. The highest BCUT2D eigenvalue weighted by atomic mass is 35.5. The van der Waals surface area contributed by atoms with Gasteiger partial charge in [0, 0.05) is 24.2 Å². The van der Waals surface area contributed by atoms with Crippen LogP contribution in [0.25, 0.3) is 0 Å². The number of halogens is 1. The maximum absolute atomic E-state index is 11.0. The molecule has 0 aliphatic carbocycles. The largest absolute Gasteiger partial charge is 0.493 e. The van der Waals surface area contributed by atoms with Crippen molar-refractivity contribution in [1.29, 1.82) is 0 Å². The lowest BCUT2D eigenvalue weighted by Crippen LogP contribution is -2.20. The fourth-order valence-electron chi connectivity index (χ4n) is 1.25. The molecule has 0 atom stereocenters. The highest BCUT2D eigenvalue weighted by molar-refractivity contribution is 6.31. The molecule has 0 saturated heterocycles. The molecule has 1 aromatic rings. The zero-order valence-corrected chi connectivity index (χ0v) is 9.88. The lowest BCUT2D eigenvalue weighted by molar-refractivity contribution is -0.121. The Balaban J connectivity index is 2.60. The highest BCUT2D eigenvalue weighted by Crippen LogP contribution is 2.25. The first-order valence-corrected chi connectivity index (χ1v) is 5.37. The van der Waals surface area contributed by atoms with Gasteiger partial charge in [0.05, 0.1) is 13.0 Å². The third kappa shape index (κ3) is 3.40. The van der Waals surface area contributed by atoms with Crippen LogP contribution in [0.15, 0.2) is 18.2 Å². The minimum absolute atomic E-state index is 0.0590. The van der Waals surface area contributed by atoms with E-state index < -0.39 is 0 Å². The number of carbonyl (C=O) groups is 1. The van der Waals surface area contributed by atoms with E-state index in [0.29, 0.717) is 30.3 Å². The lowest BCUT2D eigenvalue weighted by atomic mass is 10.2. The summed E-state index contributed by atoms with van der Waals surface area (Å²) in [5, 5.41) is 3.10. The van der Waals surface area contributed by atoms with E-state index in [0.717, 1.165) is 5.56 Å². The van der Waals surface area contributed by atoms with E-state index in [1.165, 1.54) is 0 Å². The number of ether oxygens (including phenoxy) is 1. The molecule has 0 spiro atoms. The van der Waals surface area contributed by atoms with Crippen molar-refractivity contribution in [3.05, 3.63) is 28.8 Å². The van der Waals surface area contributed by atoms with E-state index in [1.54, 1.807) is 25.2 Å². The molecule has 1 aromatic carbocycles. The number of nitrogens with one attached hydrogen (secondary N) is 1. The normalized spacial score (nSPS) is 9.94. The molecule has 0 heterocycles. The molecular weight excluding hydrogens is 228 g/mol. The summed E-state index contributed by atoms with van der Waals surface area (Å²) in [5.74, 6) is 0.579. The number of nitrogens with two attached hydrogens (primary N) is 1. The zero-order valence-electron chi connectivity index (χ0n) is 9.13. The molecule has 3 N–H and O–H groups in total. The Kier molecular flexibility index (Phi) is 5.08. The van der Waals surface area contributed by atoms with E-state index in [9.17, 15) is 4.79 Å². The second-order valence-corrected chi connectivity index (χ2v) is 3.60. The monoisotopic (exact) mass is 242 g/mol. The van der Waals surface area contributed by atoms with Crippen LogP contribution in [0.2, 0.25) is 5.02 Å². The van der Waals surface area contributed by atoms with E-state index in [1.807, 2.05) is 0 Å². The van der Waals surface area contributed by atoms with Gasteiger partial charge < -0.3 is 15.8 Å². The summed E-state index contributed by atoms with van der Waals surface area (Å²) in [6.07, 6.45) is 0.313. The molecule has 0 fully saturated rings. The molecule has 0 aromatic heterocycles. The Labute approximate surface area is 99.7 Å². The SMILES string of the molecule is CNC(=O)CCOc1cccc(Cl)c1CN. The Morgan fingerprint density at radius 2 is 2.31 bits per heavy atom. The van der Waals surface area contributed by atoms with Gasteiger partial charge in [0.1, 0.15) is 5.75 Å². The second-order valence-electron chi connectivity index (χ2n) is 3.19. The summed E-state index contributed by atoms with van der Waals surface area (Å²) in [7, 11) is 1.59. The first-order valence-electron chi connectivity index (χ1n) is 5.00. The smallest absolute Gasteiger partial charge is 0.223 e. The molecule has 4 nitrogen and oxygen atoms in total. The molecule has 88 valence electrons. The maximum Gasteiger partial charge on any atom is 0.223 e. The summed E-state index contributed by atoms with van der Waals surface area (Å²) in [5.41, 5.74) is 6.33. The average molecular weight is 243 g/mol. The number of hydrogen-bond acceptors (Lipinski definition) is 3. The van der Waals surface area contributed by atoms with Crippen LogP contribution in [0.5, 0.6) is 5.75 Å². The topological polar surface area (TPSA) is 64.3 Å². The van der Waals surface area contributed by atoms with Crippen molar-refractivity contribution < 1.29 is 9.53 Å². The van der Waals surface area contributed by atoms with Crippen LogP contribution in [0, 0.1) is 0 Å². The third-order valence-corrected chi connectivity index (χ3v) is 2.50. The molecule has 0 radical (unpaired) electrons. The Hall–Kier alpha value is -1.26.